The average Bonchev–Trinajstić information content (AvgIpc) is 2.43. The molecule has 1 aromatic rings. The lowest BCUT2D eigenvalue weighted by Gasteiger charge is -2.09. The Morgan fingerprint density at radius 1 is 1.30 bits per heavy atom. The third kappa shape index (κ3) is 5.28. The summed E-state index contributed by atoms with van der Waals surface area (Å²) >= 11 is 0. The van der Waals surface area contributed by atoms with Gasteiger partial charge in [-0.25, -0.2) is 17.9 Å². The number of carbonyl (C=O) groups excluding carboxylic acids is 1. The SMILES string of the molecule is COC(=O)c1ccccc1CS(=O)(=O)NCCCCN. The van der Waals surface area contributed by atoms with E-state index in [1.165, 1.54) is 7.11 Å². The molecule has 3 N–H and O–H groups in total. The summed E-state index contributed by atoms with van der Waals surface area (Å²) in [6.45, 7) is 0.882. The first kappa shape index (κ1) is 16.6. The first-order valence-corrected chi connectivity index (χ1v) is 7.99. The standard InChI is InChI=1S/C13H20N2O4S/c1-19-13(16)12-7-3-2-6-11(12)10-20(17,18)15-9-5-4-8-14/h2-3,6-7,15H,4-5,8-10,14H2,1H3. The molecule has 0 saturated heterocycles. The number of benzene rings is 1. The lowest BCUT2D eigenvalue weighted by atomic mass is 10.1. The predicted molar refractivity (Wildman–Crippen MR) is 76.7 cm³/mol. The van der Waals surface area contributed by atoms with Gasteiger partial charge in [0, 0.05) is 6.54 Å². The first-order valence-electron chi connectivity index (χ1n) is 6.34. The summed E-state index contributed by atoms with van der Waals surface area (Å²) in [5.41, 5.74) is 6.03. The molecule has 0 aliphatic carbocycles. The van der Waals surface area contributed by atoms with Crippen LogP contribution in [0.3, 0.4) is 0 Å². The minimum absolute atomic E-state index is 0.249. The Morgan fingerprint density at radius 2 is 2.00 bits per heavy atom. The molecule has 20 heavy (non-hydrogen) atoms. The zero-order valence-electron chi connectivity index (χ0n) is 11.5. The molecule has 0 bridgehead atoms. The molecule has 0 amide bonds. The van der Waals surface area contributed by atoms with E-state index in [1.807, 2.05) is 0 Å². The van der Waals surface area contributed by atoms with Crippen LogP contribution in [0.25, 0.3) is 0 Å². The molecule has 0 saturated carbocycles. The maximum absolute atomic E-state index is 11.9. The number of ether oxygens (including phenoxy) is 1. The second-order valence-electron chi connectivity index (χ2n) is 4.30. The molecule has 0 aliphatic heterocycles. The fourth-order valence-corrected chi connectivity index (χ4v) is 2.93. The zero-order valence-corrected chi connectivity index (χ0v) is 12.3. The van der Waals surface area contributed by atoms with Gasteiger partial charge < -0.3 is 10.5 Å². The summed E-state index contributed by atoms with van der Waals surface area (Å²) in [4.78, 5) is 11.6. The Hall–Kier alpha value is -1.44. The summed E-state index contributed by atoms with van der Waals surface area (Å²) in [5.74, 6) is -0.792. The summed E-state index contributed by atoms with van der Waals surface area (Å²) in [7, 11) is -2.22. The van der Waals surface area contributed by atoms with Crippen molar-refractivity contribution in [1.29, 1.82) is 0 Å². The molecular formula is C13H20N2O4S. The van der Waals surface area contributed by atoms with E-state index in [2.05, 4.69) is 9.46 Å². The van der Waals surface area contributed by atoms with Crippen LogP contribution in [0, 0.1) is 0 Å². The summed E-state index contributed by atoms with van der Waals surface area (Å²) < 4.78 is 31.0. The molecule has 0 atom stereocenters. The lowest BCUT2D eigenvalue weighted by molar-refractivity contribution is 0.0600. The Labute approximate surface area is 119 Å². The number of unbranched alkanes of at least 4 members (excludes halogenated alkanes) is 1. The topological polar surface area (TPSA) is 98.5 Å². The molecule has 0 fully saturated rings. The van der Waals surface area contributed by atoms with E-state index in [-0.39, 0.29) is 11.3 Å². The number of nitrogens with two attached hydrogens (primary N) is 1. The van der Waals surface area contributed by atoms with Crippen LogP contribution >= 0.6 is 0 Å². The van der Waals surface area contributed by atoms with Gasteiger partial charge in [0.15, 0.2) is 0 Å². The molecule has 1 rings (SSSR count). The largest absolute Gasteiger partial charge is 0.465 e. The summed E-state index contributed by atoms with van der Waals surface area (Å²) in [6.07, 6.45) is 1.45. The third-order valence-electron chi connectivity index (χ3n) is 2.72. The molecule has 7 heteroatoms. The van der Waals surface area contributed by atoms with Crippen LogP contribution in [0.1, 0.15) is 28.8 Å². The molecule has 0 unspecified atom stereocenters. The molecule has 0 aliphatic rings. The van der Waals surface area contributed by atoms with Crippen LogP contribution in [-0.2, 0) is 20.5 Å². The van der Waals surface area contributed by atoms with E-state index < -0.39 is 16.0 Å². The Bertz CT molecular complexity index is 543. The van der Waals surface area contributed by atoms with Crippen molar-refractivity contribution < 1.29 is 17.9 Å². The monoisotopic (exact) mass is 300 g/mol. The van der Waals surface area contributed by atoms with Crippen LogP contribution in [0.4, 0.5) is 0 Å². The van der Waals surface area contributed by atoms with Crippen LogP contribution in [-0.4, -0.2) is 34.6 Å². The van der Waals surface area contributed by atoms with Crippen molar-refractivity contribution in [2.45, 2.75) is 18.6 Å². The Kier molecular flexibility index (Phi) is 6.63. The average molecular weight is 300 g/mol. The molecular weight excluding hydrogens is 280 g/mol. The van der Waals surface area contributed by atoms with E-state index >= 15 is 0 Å². The number of esters is 1. The van der Waals surface area contributed by atoms with E-state index in [0.29, 0.717) is 25.1 Å². The van der Waals surface area contributed by atoms with Gasteiger partial charge in [0.2, 0.25) is 10.0 Å². The number of hydrogen-bond donors (Lipinski definition) is 2. The molecule has 0 aromatic heterocycles. The molecule has 0 spiro atoms. The quantitative estimate of drug-likeness (QED) is 0.542. The van der Waals surface area contributed by atoms with Gasteiger partial charge >= 0.3 is 5.97 Å². The normalized spacial score (nSPS) is 11.3. The Balaban J connectivity index is 2.74. The van der Waals surface area contributed by atoms with Crippen molar-refractivity contribution in [3.05, 3.63) is 35.4 Å². The number of hydrogen-bond acceptors (Lipinski definition) is 5. The van der Waals surface area contributed by atoms with Gasteiger partial charge in [-0.05, 0) is 31.0 Å². The van der Waals surface area contributed by atoms with Gasteiger partial charge in [-0.3, -0.25) is 0 Å². The fourth-order valence-electron chi connectivity index (χ4n) is 1.71. The zero-order chi connectivity index (χ0) is 15.0. The maximum Gasteiger partial charge on any atom is 0.338 e. The van der Waals surface area contributed by atoms with Crippen molar-refractivity contribution in [3.63, 3.8) is 0 Å². The first-order chi connectivity index (χ1) is 9.50. The number of nitrogens with one attached hydrogen (secondary N) is 1. The highest BCUT2D eigenvalue weighted by Crippen LogP contribution is 2.13. The molecule has 1 aromatic carbocycles. The number of sulfonamides is 1. The minimum Gasteiger partial charge on any atom is -0.465 e. The second kappa shape index (κ2) is 7.98. The van der Waals surface area contributed by atoms with Crippen LogP contribution in [0.2, 0.25) is 0 Å². The highest BCUT2D eigenvalue weighted by molar-refractivity contribution is 7.88. The van der Waals surface area contributed by atoms with Crippen molar-refractivity contribution in [3.8, 4) is 0 Å². The highest BCUT2D eigenvalue weighted by atomic mass is 32.2. The molecule has 0 radical (unpaired) electrons. The highest BCUT2D eigenvalue weighted by Gasteiger charge is 2.17. The number of rotatable bonds is 8. The molecule has 6 nitrogen and oxygen atoms in total. The van der Waals surface area contributed by atoms with Crippen LogP contribution in [0.5, 0.6) is 0 Å². The second-order valence-corrected chi connectivity index (χ2v) is 6.10. The van der Waals surface area contributed by atoms with Crippen molar-refractivity contribution in [2.24, 2.45) is 5.73 Å². The number of methoxy groups -OCH3 is 1. The van der Waals surface area contributed by atoms with E-state index in [4.69, 9.17) is 5.73 Å². The molecule has 0 heterocycles. The van der Waals surface area contributed by atoms with Gasteiger partial charge in [0.25, 0.3) is 0 Å². The summed E-state index contributed by atoms with van der Waals surface area (Å²) in [5, 5.41) is 0. The number of carbonyl (C=O) groups is 1. The van der Waals surface area contributed by atoms with Crippen LogP contribution in [0.15, 0.2) is 24.3 Å². The predicted octanol–water partition coefficient (Wildman–Crippen LogP) is 0.632. The van der Waals surface area contributed by atoms with Crippen molar-refractivity contribution in [2.75, 3.05) is 20.2 Å². The van der Waals surface area contributed by atoms with Crippen molar-refractivity contribution >= 4 is 16.0 Å². The fraction of sp³-hybridized carbons (Fsp3) is 0.462. The lowest BCUT2D eigenvalue weighted by Crippen LogP contribution is -2.27. The molecule has 112 valence electrons. The smallest absolute Gasteiger partial charge is 0.338 e. The van der Waals surface area contributed by atoms with Gasteiger partial charge in [-0.15, -0.1) is 0 Å². The third-order valence-corrected chi connectivity index (χ3v) is 4.06. The van der Waals surface area contributed by atoms with E-state index in [1.54, 1.807) is 24.3 Å². The van der Waals surface area contributed by atoms with E-state index in [0.717, 1.165) is 6.42 Å². The van der Waals surface area contributed by atoms with Gasteiger partial charge in [0.05, 0.1) is 18.4 Å². The van der Waals surface area contributed by atoms with Gasteiger partial charge in [-0.1, -0.05) is 18.2 Å². The summed E-state index contributed by atoms with van der Waals surface area (Å²) in [6, 6.07) is 6.50. The van der Waals surface area contributed by atoms with Gasteiger partial charge in [0.1, 0.15) is 0 Å². The maximum atomic E-state index is 11.9. The minimum atomic E-state index is -3.48. The van der Waals surface area contributed by atoms with E-state index in [9.17, 15) is 13.2 Å². The Morgan fingerprint density at radius 3 is 2.65 bits per heavy atom. The van der Waals surface area contributed by atoms with Crippen molar-refractivity contribution in [1.82, 2.24) is 4.72 Å². The van der Waals surface area contributed by atoms with Gasteiger partial charge in [-0.2, -0.15) is 0 Å². The van der Waals surface area contributed by atoms with Crippen LogP contribution < -0.4 is 10.5 Å².